The van der Waals surface area contributed by atoms with Crippen molar-refractivity contribution in [1.29, 1.82) is 0 Å². The van der Waals surface area contributed by atoms with Gasteiger partial charge in [-0.05, 0) is 17.0 Å². The molecule has 0 aliphatic carbocycles. The highest BCUT2D eigenvalue weighted by Gasteiger charge is 2.01. The third-order valence-electron chi connectivity index (χ3n) is 3.08. The Morgan fingerprint density at radius 1 is 1.11 bits per heavy atom. The fraction of sp³-hybridized carbons (Fsp3) is 0.214. The summed E-state index contributed by atoms with van der Waals surface area (Å²) in [5.74, 6) is 1.03. The number of aromatic amines is 2. The number of nitrogens with one attached hydrogen (secondary N) is 3. The molecule has 0 fully saturated rings. The van der Waals surface area contributed by atoms with E-state index in [9.17, 15) is 0 Å². The van der Waals surface area contributed by atoms with Crippen LogP contribution in [-0.2, 0) is 13.0 Å². The molecule has 18 heavy (non-hydrogen) atoms. The number of aromatic nitrogens is 3. The molecule has 4 nitrogen and oxygen atoms in total. The van der Waals surface area contributed by atoms with Crippen LogP contribution in [0.5, 0.6) is 0 Å². The van der Waals surface area contributed by atoms with Gasteiger partial charge in [0, 0.05) is 43.6 Å². The third-order valence-corrected chi connectivity index (χ3v) is 3.08. The fourth-order valence-electron chi connectivity index (χ4n) is 2.16. The minimum absolute atomic E-state index is 0.874. The van der Waals surface area contributed by atoms with Crippen molar-refractivity contribution in [3.8, 4) is 0 Å². The van der Waals surface area contributed by atoms with Crippen molar-refractivity contribution in [3.63, 3.8) is 0 Å². The van der Waals surface area contributed by atoms with Crippen molar-refractivity contribution in [2.45, 2.75) is 13.0 Å². The molecule has 0 radical (unpaired) electrons. The van der Waals surface area contributed by atoms with E-state index in [-0.39, 0.29) is 0 Å². The molecule has 0 bridgehead atoms. The highest BCUT2D eigenvalue weighted by molar-refractivity contribution is 5.82. The van der Waals surface area contributed by atoms with E-state index in [4.69, 9.17) is 0 Å². The van der Waals surface area contributed by atoms with E-state index < -0.39 is 0 Å². The average Bonchev–Trinajstić information content (AvgIpc) is 3.05. The molecule has 4 heteroatoms. The third kappa shape index (κ3) is 2.28. The fourth-order valence-corrected chi connectivity index (χ4v) is 2.16. The van der Waals surface area contributed by atoms with Crippen LogP contribution >= 0.6 is 0 Å². The lowest BCUT2D eigenvalue weighted by Gasteiger charge is -2.05. The van der Waals surface area contributed by atoms with Gasteiger partial charge in [-0.25, -0.2) is 4.98 Å². The van der Waals surface area contributed by atoms with Gasteiger partial charge in [-0.15, -0.1) is 0 Å². The van der Waals surface area contributed by atoms with Crippen LogP contribution in [0.2, 0.25) is 0 Å². The second-order valence-electron chi connectivity index (χ2n) is 4.32. The molecule has 0 saturated heterocycles. The largest absolute Gasteiger partial charge is 0.361 e. The Kier molecular flexibility index (Phi) is 3.10. The van der Waals surface area contributed by atoms with Crippen molar-refractivity contribution in [2.75, 3.05) is 6.54 Å². The van der Waals surface area contributed by atoms with Crippen molar-refractivity contribution >= 4 is 10.9 Å². The van der Waals surface area contributed by atoms with Crippen LogP contribution < -0.4 is 5.32 Å². The first-order valence-corrected chi connectivity index (χ1v) is 6.17. The summed E-state index contributed by atoms with van der Waals surface area (Å²) in [7, 11) is 0. The lowest BCUT2D eigenvalue weighted by molar-refractivity contribution is 0.676. The Bertz CT molecular complexity index is 610. The molecule has 2 heterocycles. The average molecular weight is 240 g/mol. The summed E-state index contributed by atoms with van der Waals surface area (Å²) < 4.78 is 0. The number of hydrogen-bond acceptors (Lipinski definition) is 2. The molecular formula is C14H16N4. The van der Waals surface area contributed by atoms with E-state index >= 15 is 0 Å². The molecule has 0 unspecified atom stereocenters. The molecule has 0 aliphatic rings. The van der Waals surface area contributed by atoms with Crippen LogP contribution in [0.4, 0.5) is 0 Å². The van der Waals surface area contributed by atoms with Gasteiger partial charge in [0.05, 0.1) is 0 Å². The quantitative estimate of drug-likeness (QED) is 0.599. The van der Waals surface area contributed by atoms with Crippen LogP contribution in [0.3, 0.4) is 0 Å². The first-order chi connectivity index (χ1) is 8.93. The maximum atomic E-state index is 4.20. The number of benzene rings is 1. The lowest BCUT2D eigenvalue weighted by Crippen LogP contribution is -2.17. The topological polar surface area (TPSA) is 56.5 Å². The number of nitrogens with zero attached hydrogens (tertiary/aromatic N) is 1. The van der Waals surface area contributed by atoms with E-state index in [0.717, 1.165) is 25.3 Å². The second-order valence-corrected chi connectivity index (χ2v) is 4.32. The minimum atomic E-state index is 0.874. The van der Waals surface area contributed by atoms with Crippen molar-refractivity contribution in [2.24, 2.45) is 0 Å². The van der Waals surface area contributed by atoms with Gasteiger partial charge < -0.3 is 15.3 Å². The number of imidazole rings is 1. The van der Waals surface area contributed by atoms with Crippen LogP contribution in [0.1, 0.15) is 11.4 Å². The van der Waals surface area contributed by atoms with E-state index in [1.54, 1.807) is 6.20 Å². The van der Waals surface area contributed by atoms with Crippen LogP contribution in [0.25, 0.3) is 10.9 Å². The molecule has 0 aliphatic heterocycles. The summed E-state index contributed by atoms with van der Waals surface area (Å²) in [5, 5.41) is 4.71. The van der Waals surface area contributed by atoms with Gasteiger partial charge in [0.1, 0.15) is 5.82 Å². The number of rotatable bonds is 5. The SMILES string of the molecule is c1cc(CNCCc2ncc[nH]2)c2[nH]ccc2c1. The molecule has 3 aromatic rings. The van der Waals surface area contributed by atoms with E-state index in [1.165, 1.54) is 16.5 Å². The molecule has 1 aromatic carbocycles. The Morgan fingerprint density at radius 2 is 2.11 bits per heavy atom. The van der Waals surface area contributed by atoms with Gasteiger partial charge in [0.15, 0.2) is 0 Å². The Labute approximate surface area is 105 Å². The first-order valence-electron chi connectivity index (χ1n) is 6.17. The smallest absolute Gasteiger partial charge is 0.107 e. The maximum Gasteiger partial charge on any atom is 0.107 e. The van der Waals surface area contributed by atoms with Gasteiger partial charge in [0.25, 0.3) is 0 Å². The predicted molar refractivity (Wildman–Crippen MR) is 72.3 cm³/mol. The number of hydrogen-bond donors (Lipinski definition) is 3. The molecule has 0 spiro atoms. The van der Waals surface area contributed by atoms with Crippen molar-refractivity contribution in [1.82, 2.24) is 20.3 Å². The van der Waals surface area contributed by atoms with Crippen LogP contribution in [-0.4, -0.2) is 21.5 Å². The summed E-state index contributed by atoms with van der Waals surface area (Å²) >= 11 is 0. The van der Waals surface area contributed by atoms with Gasteiger partial charge in [-0.1, -0.05) is 18.2 Å². The monoisotopic (exact) mass is 240 g/mol. The highest BCUT2D eigenvalue weighted by Crippen LogP contribution is 2.16. The normalized spacial score (nSPS) is 11.1. The highest BCUT2D eigenvalue weighted by atomic mass is 14.9. The Balaban J connectivity index is 1.58. The molecule has 2 aromatic heterocycles. The van der Waals surface area contributed by atoms with Crippen molar-refractivity contribution in [3.05, 3.63) is 54.2 Å². The molecule has 92 valence electrons. The van der Waals surface area contributed by atoms with Gasteiger partial charge >= 0.3 is 0 Å². The van der Waals surface area contributed by atoms with Crippen LogP contribution in [0, 0.1) is 0 Å². The Morgan fingerprint density at radius 3 is 3.00 bits per heavy atom. The van der Waals surface area contributed by atoms with E-state index in [0.29, 0.717) is 0 Å². The summed E-state index contributed by atoms with van der Waals surface area (Å²) in [5.41, 5.74) is 2.53. The zero-order valence-corrected chi connectivity index (χ0v) is 10.1. The van der Waals surface area contributed by atoms with Gasteiger partial charge in [-0.2, -0.15) is 0 Å². The number of H-pyrrole nitrogens is 2. The van der Waals surface area contributed by atoms with Crippen molar-refractivity contribution < 1.29 is 0 Å². The predicted octanol–water partition coefficient (Wildman–Crippen LogP) is 2.22. The zero-order valence-electron chi connectivity index (χ0n) is 10.1. The first kappa shape index (κ1) is 11.0. The van der Waals surface area contributed by atoms with E-state index in [2.05, 4.69) is 44.5 Å². The summed E-state index contributed by atoms with van der Waals surface area (Å²) in [6.07, 6.45) is 6.55. The maximum absolute atomic E-state index is 4.20. The Hall–Kier alpha value is -2.07. The molecule has 3 rings (SSSR count). The van der Waals surface area contributed by atoms with E-state index in [1.807, 2.05) is 12.4 Å². The second kappa shape index (κ2) is 5.06. The molecule has 0 atom stereocenters. The molecule has 0 amide bonds. The molecule has 3 N–H and O–H groups in total. The lowest BCUT2D eigenvalue weighted by atomic mass is 10.1. The summed E-state index contributed by atoms with van der Waals surface area (Å²) in [6.45, 7) is 1.79. The number of fused-ring (bicyclic) bond motifs is 1. The molecular weight excluding hydrogens is 224 g/mol. The zero-order chi connectivity index (χ0) is 12.2. The number of para-hydroxylation sites is 1. The van der Waals surface area contributed by atoms with Gasteiger partial charge in [-0.3, -0.25) is 0 Å². The summed E-state index contributed by atoms with van der Waals surface area (Å²) in [4.78, 5) is 10.6. The summed E-state index contributed by atoms with van der Waals surface area (Å²) in [6, 6.07) is 8.47. The van der Waals surface area contributed by atoms with Crippen LogP contribution in [0.15, 0.2) is 42.9 Å². The van der Waals surface area contributed by atoms with Gasteiger partial charge in [0.2, 0.25) is 0 Å². The standard InChI is InChI=1S/C14H16N4/c1-2-11-4-7-18-14(11)12(3-1)10-15-6-5-13-16-8-9-17-13/h1-4,7-9,15,18H,5-6,10H2,(H,16,17). The minimum Gasteiger partial charge on any atom is -0.361 e. The molecule has 0 saturated carbocycles.